The molecule has 2 fully saturated rings. The first-order valence-corrected chi connectivity index (χ1v) is 7.56. The summed E-state index contributed by atoms with van der Waals surface area (Å²) in [5.41, 5.74) is -0.791. The lowest BCUT2D eigenvalue weighted by Crippen LogP contribution is -2.54. The summed E-state index contributed by atoms with van der Waals surface area (Å²) < 4.78 is 0. The van der Waals surface area contributed by atoms with Crippen LogP contribution in [-0.2, 0) is 9.59 Å². The van der Waals surface area contributed by atoms with Crippen molar-refractivity contribution in [3.05, 3.63) is 0 Å². The van der Waals surface area contributed by atoms with Crippen LogP contribution in [0.4, 0.5) is 4.79 Å². The van der Waals surface area contributed by atoms with E-state index in [0.717, 1.165) is 24.2 Å². The van der Waals surface area contributed by atoms with Crippen molar-refractivity contribution < 1.29 is 14.4 Å². The minimum atomic E-state index is -0.791. The number of carbonyl (C=O) groups excluding carboxylic acids is 3. The van der Waals surface area contributed by atoms with Gasteiger partial charge >= 0.3 is 6.03 Å². The normalized spacial score (nSPS) is 28.9. The Kier molecular flexibility index (Phi) is 4.82. The Morgan fingerprint density at radius 1 is 1.38 bits per heavy atom. The fourth-order valence-corrected chi connectivity index (χ4v) is 3.17. The third-order valence-electron chi connectivity index (χ3n) is 4.50. The number of imide groups is 1. The van der Waals surface area contributed by atoms with Gasteiger partial charge < -0.3 is 16.0 Å². The summed E-state index contributed by atoms with van der Waals surface area (Å²) in [6.45, 7) is 2.91. The Morgan fingerprint density at radius 3 is 2.81 bits per heavy atom. The van der Waals surface area contributed by atoms with Crippen molar-refractivity contribution in [2.45, 2.75) is 38.1 Å². The molecule has 0 bridgehead atoms. The number of hydrogen-bond donors (Lipinski definition) is 3. The number of likely N-dealkylation sites (N-methyl/N-ethyl adjacent to an activating group) is 1. The minimum Gasteiger partial charge on any atom is -0.353 e. The van der Waals surface area contributed by atoms with Gasteiger partial charge in [-0.1, -0.05) is 19.8 Å². The molecule has 1 aliphatic carbocycles. The molecule has 0 aromatic rings. The van der Waals surface area contributed by atoms with Gasteiger partial charge in [-0.25, -0.2) is 4.79 Å². The second kappa shape index (κ2) is 6.43. The molecule has 2 unspecified atom stereocenters. The standard InChI is InChI=1S/C14H24N4O3/c1-10-5-3-4-6-14(10)12(20)18(13(21)17-14)9-11(19)16-8-7-15-2/h10,15H,3-9H2,1-2H3,(H,16,19)(H,17,21). The highest BCUT2D eigenvalue weighted by Gasteiger charge is 2.55. The van der Waals surface area contributed by atoms with Gasteiger partial charge in [0.1, 0.15) is 12.1 Å². The van der Waals surface area contributed by atoms with Crippen LogP contribution in [0.1, 0.15) is 32.6 Å². The molecule has 0 radical (unpaired) electrons. The lowest BCUT2D eigenvalue weighted by Gasteiger charge is -2.36. The highest BCUT2D eigenvalue weighted by atomic mass is 16.2. The van der Waals surface area contributed by atoms with Gasteiger partial charge in [0.05, 0.1) is 0 Å². The SMILES string of the molecule is CNCCNC(=O)CN1C(=O)NC2(CCCCC2C)C1=O. The molecule has 1 spiro atoms. The van der Waals surface area contributed by atoms with Crippen LogP contribution in [0.25, 0.3) is 0 Å². The molecule has 2 atom stereocenters. The fraction of sp³-hybridized carbons (Fsp3) is 0.786. The first kappa shape index (κ1) is 15.8. The average Bonchev–Trinajstić information content (AvgIpc) is 2.68. The lowest BCUT2D eigenvalue weighted by atomic mass is 9.73. The Bertz CT molecular complexity index is 440. The highest BCUT2D eigenvalue weighted by Crippen LogP contribution is 2.37. The number of nitrogens with one attached hydrogen (secondary N) is 3. The van der Waals surface area contributed by atoms with Gasteiger partial charge in [0.15, 0.2) is 0 Å². The number of nitrogens with zero attached hydrogens (tertiary/aromatic N) is 1. The molecule has 21 heavy (non-hydrogen) atoms. The summed E-state index contributed by atoms with van der Waals surface area (Å²) in [7, 11) is 1.79. The lowest BCUT2D eigenvalue weighted by molar-refractivity contribution is -0.137. The predicted octanol–water partition coefficient (Wildman–Crippen LogP) is -0.177. The number of urea groups is 1. The van der Waals surface area contributed by atoms with Crippen molar-refractivity contribution in [2.75, 3.05) is 26.7 Å². The van der Waals surface area contributed by atoms with Gasteiger partial charge in [-0.2, -0.15) is 0 Å². The van der Waals surface area contributed by atoms with Crippen molar-refractivity contribution in [1.82, 2.24) is 20.9 Å². The maximum atomic E-state index is 12.6. The molecule has 2 aliphatic rings. The summed E-state index contributed by atoms with van der Waals surface area (Å²) in [6, 6.07) is -0.447. The zero-order valence-electron chi connectivity index (χ0n) is 12.7. The van der Waals surface area contributed by atoms with Crippen molar-refractivity contribution in [3.8, 4) is 0 Å². The number of amides is 4. The van der Waals surface area contributed by atoms with Crippen LogP contribution in [-0.4, -0.2) is 55.0 Å². The Labute approximate surface area is 124 Å². The third kappa shape index (κ3) is 3.02. The molecule has 1 saturated carbocycles. The average molecular weight is 296 g/mol. The largest absolute Gasteiger partial charge is 0.353 e. The van der Waals surface area contributed by atoms with Gasteiger partial charge in [-0.15, -0.1) is 0 Å². The smallest absolute Gasteiger partial charge is 0.325 e. The molecule has 2 rings (SSSR count). The van der Waals surface area contributed by atoms with E-state index >= 15 is 0 Å². The first-order valence-electron chi connectivity index (χ1n) is 7.56. The van der Waals surface area contributed by atoms with Crippen LogP contribution in [0.2, 0.25) is 0 Å². The van der Waals surface area contributed by atoms with E-state index in [2.05, 4.69) is 16.0 Å². The topological polar surface area (TPSA) is 90.5 Å². The zero-order chi connectivity index (χ0) is 15.5. The monoisotopic (exact) mass is 296 g/mol. The van der Waals surface area contributed by atoms with Gasteiger partial charge in [0.25, 0.3) is 5.91 Å². The second-order valence-electron chi connectivity index (χ2n) is 5.89. The summed E-state index contributed by atoms with van der Waals surface area (Å²) >= 11 is 0. The molecule has 7 nitrogen and oxygen atoms in total. The van der Waals surface area contributed by atoms with E-state index in [9.17, 15) is 14.4 Å². The van der Waals surface area contributed by atoms with E-state index in [1.165, 1.54) is 0 Å². The molecule has 1 heterocycles. The van der Waals surface area contributed by atoms with Gasteiger partial charge in [-0.05, 0) is 25.8 Å². The van der Waals surface area contributed by atoms with Crippen LogP contribution in [0, 0.1) is 5.92 Å². The van der Waals surface area contributed by atoms with Crippen molar-refractivity contribution in [3.63, 3.8) is 0 Å². The number of carbonyl (C=O) groups is 3. The molecule has 1 saturated heterocycles. The molecule has 7 heteroatoms. The molecule has 118 valence electrons. The Morgan fingerprint density at radius 2 is 2.14 bits per heavy atom. The third-order valence-corrected chi connectivity index (χ3v) is 4.50. The van der Waals surface area contributed by atoms with Crippen molar-refractivity contribution in [1.29, 1.82) is 0 Å². The predicted molar refractivity (Wildman–Crippen MR) is 77.5 cm³/mol. The molecule has 1 aliphatic heterocycles. The van der Waals surface area contributed by atoms with E-state index in [1.807, 2.05) is 6.92 Å². The maximum absolute atomic E-state index is 12.6. The summed E-state index contributed by atoms with van der Waals surface area (Å²) in [5.74, 6) is -0.446. The number of hydrogen-bond acceptors (Lipinski definition) is 4. The molecular formula is C14H24N4O3. The van der Waals surface area contributed by atoms with Crippen LogP contribution in [0.3, 0.4) is 0 Å². The quantitative estimate of drug-likeness (QED) is 0.485. The summed E-state index contributed by atoms with van der Waals surface area (Å²) in [5, 5.41) is 8.43. The van der Waals surface area contributed by atoms with Crippen LogP contribution in [0.15, 0.2) is 0 Å². The van der Waals surface area contributed by atoms with Crippen LogP contribution in [0.5, 0.6) is 0 Å². The fourth-order valence-electron chi connectivity index (χ4n) is 3.17. The van der Waals surface area contributed by atoms with Gasteiger partial charge in [0, 0.05) is 13.1 Å². The first-order chi connectivity index (χ1) is 10.0. The second-order valence-corrected chi connectivity index (χ2v) is 5.89. The molecule has 0 aromatic carbocycles. The highest BCUT2D eigenvalue weighted by molar-refractivity contribution is 6.09. The molecule has 0 aromatic heterocycles. The van der Waals surface area contributed by atoms with E-state index in [1.54, 1.807) is 7.05 Å². The minimum absolute atomic E-state index is 0.111. The summed E-state index contributed by atoms with van der Waals surface area (Å²) in [4.78, 5) is 37.5. The maximum Gasteiger partial charge on any atom is 0.325 e. The van der Waals surface area contributed by atoms with Gasteiger partial charge in [0.2, 0.25) is 5.91 Å². The number of rotatable bonds is 5. The Balaban J connectivity index is 2.00. The molecule has 4 amide bonds. The van der Waals surface area contributed by atoms with Crippen molar-refractivity contribution in [2.24, 2.45) is 5.92 Å². The summed E-state index contributed by atoms with van der Waals surface area (Å²) in [6.07, 6.45) is 3.60. The van der Waals surface area contributed by atoms with E-state index in [-0.39, 0.29) is 24.3 Å². The van der Waals surface area contributed by atoms with E-state index < -0.39 is 11.6 Å². The molecular weight excluding hydrogens is 272 g/mol. The molecule has 3 N–H and O–H groups in total. The zero-order valence-corrected chi connectivity index (χ0v) is 12.7. The Hall–Kier alpha value is -1.63. The van der Waals surface area contributed by atoms with E-state index in [4.69, 9.17) is 0 Å². The van der Waals surface area contributed by atoms with Crippen molar-refractivity contribution >= 4 is 17.8 Å². The van der Waals surface area contributed by atoms with Crippen LogP contribution >= 0.6 is 0 Å². The van der Waals surface area contributed by atoms with Crippen LogP contribution < -0.4 is 16.0 Å². The van der Waals surface area contributed by atoms with Gasteiger partial charge in [-0.3, -0.25) is 14.5 Å². The van der Waals surface area contributed by atoms with E-state index in [0.29, 0.717) is 19.5 Å².